The van der Waals surface area contributed by atoms with E-state index < -0.39 is 12.0 Å². The molecule has 0 fully saturated rings. The highest BCUT2D eigenvalue weighted by Crippen LogP contribution is 2.38. The number of aromatic nitrogens is 1. The number of halogens is 3. The summed E-state index contributed by atoms with van der Waals surface area (Å²) in [6.07, 6.45) is 2.95. The molecule has 1 aliphatic rings. The van der Waals surface area contributed by atoms with Crippen molar-refractivity contribution in [1.82, 2.24) is 4.57 Å². The molecule has 0 N–H and O–H groups in total. The van der Waals surface area contributed by atoms with Crippen molar-refractivity contribution in [3.05, 3.63) is 93.6 Å². The third-order valence-electron chi connectivity index (χ3n) is 5.65. The second-order valence-electron chi connectivity index (χ2n) is 7.94. The number of hydrogen-bond donors (Lipinski definition) is 0. The van der Waals surface area contributed by atoms with Gasteiger partial charge in [-0.3, -0.25) is 9.36 Å². The van der Waals surface area contributed by atoms with E-state index in [9.17, 15) is 9.59 Å². The molecule has 1 aliphatic heterocycles. The number of carbonyl (C=O) groups excluding carboxylic acids is 1. The van der Waals surface area contributed by atoms with Crippen LogP contribution < -0.4 is 19.6 Å². The molecular weight excluding hydrogens is 543 g/mol. The first-order chi connectivity index (χ1) is 17.3. The summed E-state index contributed by atoms with van der Waals surface area (Å²) in [6, 6.07) is 9.47. The molecule has 4 rings (SSSR count). The number of ether oxygens (including phenoxy) is 2. The van der Waals surface area contributed by atoms with Gasteiger partial charge in [0.2, 0.25) is 0 Å². The molecular formula is C26H23Cl3N2O4S. The van der Waals surface area contributed by atoms with Crippen LogP contribution >= 0.6 is 46.1 Å². The first-order valence-electron chi connectivity index (χ1n) is 11.3. The number of rotatable bonds is 7. The van der Waals surface area contributed by atoms with Gasteiger partial charge in [-0.05, 0) is 49.2 Å². The van der Waals surface area contributed by atoms with Gasteiger partial charge in [0, 0.05) is 10.6 Å². The second kappa shape index (κ2) is 11.2. The van der Waals surface area contributed by atoms with Crippen LogP contribution in [0.2, 0.25) is 15.1 Å². The fraction of sp³-hybridized carbons (Fsp3) is 0.269. The van der Waals surface area contributed by atoms with Crippen molar-refractivity contribution in [1.29, 1.82) is 0 Å². The summed E-state index contributed by atoms with van der Waals surface area (Å²) >= 11 is 20.1. The van der Waals surface area contributed by atoms with Crippen LogP contribution in [0.25, 0.3) is 6.08 Å². The quantitative estimate of drug-likeness (QED) is 0.352. The zero-order chi connectivity index (χ0) is 26.0. The van der Waals surface area contributed by atoms with Crippen LogP contribution in [-0.2, 0) is 9.53 Å². The summed E-state index contributed by atoms with van der Waals surface area (Å²) in [6.45, 7) is 3.91. The third-order valence-corrected chi connectivity index (χ3v) is 7.70. The average Bonchev–Trinajstić information content (AvgIpc) is 3.16. The Kier molecular flexibility index (Phi) is 8.25. The highest BCUT2D eigenvalue weighted by molar-refractivity contribution is 7.07. The molecule has 0 saturated carbocycles. The molecule has 0 unspecified atom stereocenters. The topological polar surface area (TPSA) is 69.9 Å². The number of thiazole rings is 1. The second-order valence-corrected chi connectivity index (χ2v) is 10.2. The van der Waals surface area contributed by atoms with Gasteiger partial charge in [-0.25, -0.2) is 9.79 Å². The average molecular weight is 566 g/mol. The normalized spacial score (nSPS) is 15.5. The van der Waals surface area contributed by atoms with Crippen LogP contribution in [0.4, 0.5) is 0 Å². The number of nitrogens with zero attached hydrogens (tertiary/aromatic N) is 2. The molecule has 0 saturated heterocycles. The molecule has 0 amide bonds. The maximum absolute atomic E-state index is 13.8. The Morgan fingerprint density at radius 2 is 1.97 bits per heavy atom. The van der Waals surface area contributed by atoms with Crippen LogP contribution in [0.1, 0.15) is 43.9 Å². The van der Waals surface area contributed by atoms with Crippen molar-refractivity contribution in [2.45, 2.75) is 32.7 Å². The Hall–Kier alpha value is -2.58. The molecule has 0 spiro atoms. The van der Waals surface area contributed by atoms with Gasteiger partial charge >= 0.3 is 5.97 Å². The van der Waals surface area contributed by atoms with Crippen molar-refractivity contribution in [2.24, 2.45) is 4.99 Å². The monoisotopic (exact) mass is 564 g/mol. The fourth-order valence-electron chi connectivity index (χ4n) is 4.11. The van der Waals surface area contributed by atoms with E-state index in [1.807, 2.05) is 6.92 Å². The van der Waals surface area contributed by atoms with Gasteiger partial charge in [-0.1, -0.05) is 71.6 Å². The maximum Gasteiger partial charge on any atom is 0.338 e. The van der Waals surface area contributed by atoms with Crippen molar-refractivity contribution in [3.63, 3.8) is 0 Å². The van der Waals surface area contributed by atoms with E-state index in [0.717, 1.165) is 6.42 Å². The Morgan fingerprint density at radius 1 is 1.19 bits per heavy atom. The smallest absolute Gasteiger partial charge is 0.338 e. The molecule has 188 valence electrons. The van der Waals surface area contributed by atoms with Crippen LogP contribution in [0.5, 0.6) is 5.75 Å². The lowest BCUT2D eigenvalue weighted by molar-refractivity contribution is -0.139. The minimum absolute atomic E-state index is 0.179. The summed E-state index contributed by atoms with van der Waals surface area (Å²) in [7, 11) is 1.53. The minimum atomic E-state index is -0.840. The molecule has 36 heavy (non-hydrogen) atoms. The lowest BCUT2D eigenvalue weighted by Gasteiger charge is -2.27. The highest BCUT2D eigenvalue weighted by atomic mass is 35.5. The van der Waals surface area contributed by atoms with Crippen LogP contribution in [0.15, 0.2) is 57.5 Å². The van der Waals surface area contributed by atoms with Crippen molar-refractivity contribution < 1.29 is 14.3 Å². The van der Waals surface area contributed by atoms with Gasteiger partial charge in [0.15, 0.2) is 4.80 Å². The van der Waals surface area contributed by atoms with E-state index in [1.54, 1.807) is 49.4 Å². The molecule has 3 aromatic rings. The van der Waals surface area contributed by atoms with Gasteiger partial charge in [0.1, 0.15) is 11.8 Å². The summed E-state index contributed by atoms with van der Waals surface area (Å²) in [5.41, 5.74) is 1.68. The number of benzene rings is 2. The predicted octanol–water partition coefficient (Wildman–Crippen LogP) is 5.55. The van der Waals surface area contributed by atoms with E-state index in [2.05, 4.69) is 0 Å². The number of esters is 1. The van der Waals surface area contributed by atoms with E-state index in [-0.39, 0.29) is 12.2 Å². The Labute approximate surface area is 227 Å². The Balaban J connectivity index is 2.07. The number of hydrogen-bond acceptors (Lipinski definition) is 6. The Morgan fingerprint density at radius 3 is 2.67 bits per heavy atom. The zero-order valence-corrected chi connectivity index (χ0v) is 22.9. The standard InChI is InChI=1S/C26H23Cl3N2O4S/c1-4-7-18-21(25(33)35-5-2)23(16-13-15(27)10-11-19(16)34-3)31-24(32)20(36-26(31)30-18)12-14-8-6-9-17(28)22(14)29/h6,8-13,23H,4-5,7H2,1-3H3/b20-12+/t23-/m0/s1. The van der Waals surface area contributed by atoms with Crippen LogP contribution in [0.3, 0.4) is 0 Å². The molecule has 0 aliphatic carbocycles. The fourth-order valence-corrected chi connectivity index (χ4v) is 5.66. The first kappa shape index (κ1) is 26.5. The Bertz CT molecular complexity index is 1540. The molecule has 2 heterocycles. The molecule has 0 bridgehead atoms. The highest BCUT2D eigenvalue weighted by Gasteiger charge is 2.36. The van der Waals surface area contributed by atoms with Crippen molar-refractivity contribution in [2.75, 3.05) is 13.7 Å². The van der Waals surface area contributed by atoms with E-state index in [1.165, 1.54) is 23.0 Å². The lowest BCUT2D eigenvalue weighted by atomic mass is 9.93. The minimum Gasteiger partial charge on any atom is -0.496 e. The van der Waals surface area contributed by atoms with E-state index in [4.69, 9.17) is 49.3 Å². The molecule has 10 heteroatoms. The largest absolute Gasteiger partial charge is 0.496 e. The molecule has 6 nitrogen and oxygen atoms in total. The van der Waals surface area contributed by atoms with Crippen LogP contribution in [-0.4, -0.2) is 24.3 Å². The molecule has 1 aromatic heterocycles. The SMILES string of the molecule is CCCC1=C(C(=O)OCC)[C@H](c2cc(Cl)ccc2OC)n2c(s/c(=C/c3cccc(Cl)c3Cl)c2=O)=N1. The number of allylic oxidation sites excluding steroid dienone is 1. The van der Waals surface area contributed by atoms with Gasteiger partial charge < -0.3 is 9.47 Å². The van der Waals surface area contributed by atoms with Crippen molar-refractivity contribution in [3.8, 4) is 5.75 Å². The number of methoxy groups -OCH3 is 1. The summed E-state index contributed by atoms with van der Waals surface area (Å²) in [5, 5.41) is 1.17. The molecule has 2 aromatic carbocycles. The molecule has 1 atom stereocenters. The summed E-state index contributed by atoms with van der Waals surface area (Å²) in [4.78, 5) is 32.3. The van der Waals surface area contributed by atoms with Crippen molar-refractivity contribution >= 4 is 58.2 Å². The third kappa shape index (κ3) is 4.98. The maximum atomic E-state index is 13.8. The van der Waals surface area contributed by atoms with Gasteiger partial charge in [-0.2, -0.15) is 0 Å². The summed E-state index contributed by atoms with van der Waals surface area (Å²) < 4.78 is 12.9. The summed E-state index contributed by atoms with van der Waals surface area (Å²) in [5.74, 6) is -0.0553. The first-order valence-corrected chi connectivity index (χ1v) is 13.2. The van der Waals surface area contributed by atoms with E-state index >= 15 is 0 Å². The lowest BCUT2D eigenvalue weighted by Crippen LogP contribution is -2.40. The number of carbonyl (C=O) groups is 1. The van der Waals surface area contributed by atoms with Gasteiger partial charge in [0.25, 0.3) is 5.56 Å². The van der Waals surface area contributed by atoms with Gasteiger partial charge in [0.05, 0.1) is 39.6 Å². The molecule has 0 radical (unpaired) electrons. The number of fused-ring (bicyclic) bond motifs is 1. The van der Waals surface area contributed by atoms with E-state index in [0.29, 0.717) is 59.0 Å². The zero-order valence-electron chi connectivity index (χ0n) is 19.8. The van der Waals surface area contributed by atoms with Gasteiger partial charge in [-0.15, -0.1) is 0 Å². The van der Waals surface area contributed by atoms with Crippen LogP contribution in [0, 0.1) is 0 Å². The predicted molar refractivity (Wildman–Crippen MR) is 144 cm³/mol.